The fraction of sp³-hybridized carbons (Fsp3) is 0.571. The highest BCUT2D eigenvalue weighted by Gasteiger charge is 2.42. The zero-order valence-electron chi connectivity index (χ0n) is 17.3. The van der Waals surface area contributed by atoms with E-state index in [2.05, 4.69) is 18.8 Å². The van der Waals surface area contributed by atoms with Crippen molar-refractivity contribution in [2.75, 3.05) is 12.3 Å². The Bertz CT molecular complexity index is 1030. The third-order valence-electron chi connectivity index (χ3n) is 5.93. The Balaban J connectivity index is 1.82. The van der Waals surface area contributed by atoms with Gasteiger partial charge in [0.15, 0.2) is 5.78 Å². The molecule has 2 aromatic heterocycles. The van der Waals surface area contributed by atoms with Crippen molar-refractivity contribution >= 4 is 15.8 Å². The Morgan fingerprint density at radius 1 is 1.24 bits per heavy atom. The van der Waals surface area contributed by atoms with Crippen molar-refractivity contribution in [3.8, 4) is 0 Å². The van der Waals surface area contributed by atoms with Crippen molar-refractivity contribution < 1.29 is 13.2 Å². The first-order valence-corrected chi connectivity index (χ1v) is 11.8. The third kappa shape index (κ3) is 3.75. The summed E-state index contributed by atoms with van der Waals surface area (Å²) in [6.45, 7) is 6.81. The lowest BCUT2D eigenvalue weighted by molar-refractivity contribution is 0.0908. The van der Waals surface area contributed by atoms with Gasteiger partial charge >= 0.3 is 0 Å². The molecule has 1 aliphatic heterocycles. The maximum Gasteiger partial charge on any atom is 0.214 e. The highest BCUT2D eigenvalue weighted by atomic mass is 32.2. The lowest BCUT2D eigenvalue weighted by atomic mass is 9.75. The van der Waals surface area contributed by atoms with Crippen LogP contribution >= 0.6 is 0 Å². The van der Waals surface area contributed by atoms with Crippen molar-refractivity contribution in [3.05, 3.63) is 47.0 Å². The van der Waals surface area contributed by atoms with Crippen LogP contribution in [0.1, 0.15) is 73.5 Å². The maximum atomic E-state index is 13.1. The number of aromatic nitrogens is 3. The van der Waals surface area contributed by atoms with E-state index in [1.165, 1.54) is 0 Å². The van der Waals surface area contributed by atoms with Gasteiger partial charge in [0.05, 0.1) is 41.0 Å². The number of hydrogen-bond acceptors (Lipinski definition) is 5. The van der Waals surface area contributed by atoms with Crippen molar-refractivity contribution in [2.45, 2.75) is 59.0 Å². The molecule has 8 heteroatoms. The molecular formula is C21H28N4O3S. The molecule has 0 radical (unpaired) electrons. The highest BCUT2D eigenvalue weighted by molar-refractivity contribution is 7.89. The number of carbonyl (C=O) groups is 1. The SMILES string of the molecule is CCS(=O)(=O)N1CCC[C@@H]1c1nn(Cc2ccccn2)c2c1C(=O)CC(C)(C)C2. The smallest absolute Gasteiger partial charge is 0.214 e. The molecule has 1 atom stereocenters. The van der Waals surface area contributed by atoms with Crippen LogP contribution in [0.2, 0.25) is 0 Å². The molecule has 0 unspecified atom stereocenters. The lowest BCUT2D eigenvalue weighted by Gasteiger charge is -2.30. The van der Waals surface area contributed by atoms with Crippen LogP contribution in [-0.4, -0.2) is 45.6 Å². The summed E-state index contributed by atoms with van der Waals surface area (Å²) >= 11 is 0. The second-order valence-corrected chi connectivity index (χ2v) is 11.0. The summed E-state index contributed by atoms with van der Waals surface area (Å²) in [6.07, 6.45) is 4.42. The molecule has 3 heterocycles. The first-order valence-electron chi connectivity index (χ1n) is 10.2. The molecule has 0 aromatic carbocycles. The van der Waals surface area contributed by atoms with Crippen molar-refractivity contribution in [3.63, 3.8) is 0 Å². The van der Waals surface area contributed by atoms with Crippen molar-refractivity contribution in [1.29, 1.82) is 0 Å². The summed E-state index contributed by atoms with van der Waals surface area (Å²) in [5.41, 5.74) is 2.90. The van der Waals surface area contributed by atoms with Gasteiger partial charge < -0.3 is 0 Å². The zero-order valence-corrected chi connectivity index (χ0v) is 18.1. The van der Waals surface area contributed by atoms with E-state index in [-0.39, 0.29) is 23.0 Å². The Morgan fingerprint density at radius 2 is 2.03 bits per heavy atom. The van der Waals surface area contributed by atoms with Crippen molar-refractivity contribution in [2.24, 2.45) is 5.41 Å². The van der Waals surface area contributed by atoms with Crippen LogP contribution in [-0.2, 0) is 23.0 Å². The van der Waals surface area contributed by atoms with E-state index in [1.807, 2.05) is 22.9 Å². The third-order valence-corrected chi connectivity index (χ3v) is 7.81. The van der Waals surface area contributed by atoms with Gasteiger partial charge in [-0.05, 0) is 43.7 Å². The summed E-state index contributed by atoms with van der Waals surface area (Å²) < 4.78 is 28.7. The van der Waals surface area contributed by atoms with Gasteiger partial charge in [0, 0.05) is 19.2 Å². The van der Waals surface area contributed by atoms with E-state index in [9.17, 15) is 13.2 Å². The van der Waals surface area contributed by atoms with Crippen LogP contribution in [0.5, 0.6) is 0 Å². The van der Waals surface area contributed by atoms with Crippen LogP contribution in [0, 0.1) is 5.41 Å². The maximum absolute atomic E-state index is 13.1. The minimum atomic E-state index is -3.35. The van der Waals surface area contributed by atoms with Crippen LogP contribution < -0.4 is 0 Å². The molecule has 156 valence electrons. The number of ketones is 1. The molecule has 1 saturated heterocycles. The predicted molar refractivity (Wildman–Crippen MR) is 110 cm³/mol. The van der Waals surface area contributed by atoms with Gasteiger partial charge in [0.1, 0.15) is 0 Å². The summed E-state index contributed by atoms with van der Waals surface area (Å²) in [6, 6.07) is 5.38. The van der Waals surface area contributed by atoms with Gasteiger partial charge in [-0.2, -0.15) is 9.40 Å². The Hall–Kier alpha value is -2.06. The summed E-state index contributed by atoms with van der Waals surface area (Å²) in [5, 5.41) is 4.83. The van der Waals surface area contributed by atoms with Crippen LogP contribution in [0.3, 0.4) is 0 Å². The summed E-state index contributed by atoms with van der Waals surface area (Å²) in [7, 11) is -3.35. The lowest BCUT2D eigenvalue weighted by Crippen LogP contribution is -2.33. The first kappa shape index (κ1) is 20.2. The van der Waals surface area contributed by atoms with Crippen LogP contribution in [0.4, 0.5) is 0 Å². The number of carbonyl (C=O) groups excluding carboxylic acids is 1. The molecule has 0 N–H and O–H groups in total. The highest BCUT2D eigenvalue weighted by Crippen LogP contribution is 2.42. The zero-order chi connectivity index (χ0) is 20.8. The first-order chi connectivity index (χ1) is 13.7. The molecule has 4 rings (SSSR count). The van der Waals surface area contributed by atoms with Gasteiger partial charge in [0.2, 0.25) is 10.0 Å². The normalized spacial score (nSPS) is 22.0. The summed E-state index contributed by atoms with van der Waals surface area (Å²) in [4.78, 5) is 17.5. The minimum Gasteiger partial charge on any atom is -0.294 e. The van der Waals surface area contributed by atoms with Gasteiger partial charge in [-0.25, -0.2) is 8.42 Å². The molecule has 2 aromatic rings. The molecule has 0 bridgehead atoms. The quantitative estimate of drug-likeness (QED) is 0.748. The minimum absolute atomic E-state index is 0.0569. The molecule has 7 nitrogen and oxygen atoms in total. The van der Waals surface area contributed by atoms with E-state index < -0.39 is 10.0 Å². The number of sulfonamides is 1. The fourth-order valence-electron chi connectivity index (χ4n) is 4.56. The standard InChI is InChI=1S/C21H28N4O3S/c1-4-29(27,28)25-11-7-9-16(25)20-19-17(12-21(2,3)13-18(19)26)24(23-20)14-15-8-5-6-10-22-15/h5-6,8,10,16H,4,7,9,11-14H2,1-3H3/t16-/m1/s1. The topological polar surface area (TPSA) is 85.2 Å². The van der Waals surface area contributed by atoms with Gasteiger partial charge in [-0.3, -0.25) is 14.5 Å². The molecule has 1 aliphatic carbocycles. The van der Waals surface area contributed by atoms with E-state index >= 15 is 0 Å². The molecule has 2 aliphatic rings. The Morgan fingerprint density at radius 3 is 2.72 bits per heavy atom. The van der Waals surface area contributed by atoms with Crippen molar-refractivity contribution in [1.82, 2.24) is 19.1 Å². The molecular weight excluding hydrogens is 388 g/mol. The number of pyridine rings is 1. The molecule has 1 fully saturated rings. The molecule has 29 heavy (non-hydrogen) atoms. The second-order valence-electron chi connectivity index (χ2n) is 8.80. The Labute approximate surface area is 172 Å². The monoisotopic (exact) mass is 416 g/mol. The fourth-order valence-corrected chi connectivity index (χ4v) is 5.89. The largest absolute Gasteiger partial charge is 0.294 e. The predicted octanol–water partition coefficient (Wildman–Crippen LogP) is 2.97. The molecule has 0 saturated carbocycles. The van der Waals surface area contributed by atoms with Gasteiger partial charge in [-0.1, -0.05) is 19.9 Å². The second kappa shape index (κ2) is 7.32. The average molecular weight is 417 g/mol. The van der Waals surface area contributed by atoms with E-state index in [0.717, 1.165) is 24.2 Å². The average Bonchev–Trinajstić information content (AvgIpc) is 3.27. The summed E-state index contributed by atoms with van der Waals surface area (Å²) in [5.74, 6) is 0.126. The van der Waals surface area contributed by atoms with Gasteiger partial charge in [-0.15, -0.1) is 0 Å². The van der Waals surface area contributed by atoms with E-state index in [0.29, 0.717) is 37.2 Å². The van der Waals surface area contributed by atoms with E-state index in [4.69, 9.17) is 5.10 Å². The van der Waals surface area contributed by atoms with E-state index in [1.54, 1.807) is 17.4 Å². The number of fused-ring (bicyclic) bond motifs is 1. The Kier molecular flexibility index (Phi) is 5.11. The number of hydrogen-bond donors (Lipinski definition) is 0. The molecule has 0 spiro atoms. The number of nitrogens with zero attached hydrogens (tertiary/aromatic N) is 4. The van der Waals surface area contributed by atoms with Crippen LogP contribution in [0.25, 0.3) is 0 Å². The molecule has 0 amide bonds. The number of rotatable bonds is 5. The van der Waals surface area contributed by atoms with Gasteiger partial charge in [0.25, 0.3) is 0 Å². The van der Waals surface area contributed by atoms with Crippen LogP contribution in [0.15, 0.2) is 24.4 Å². The number of Topliss-reactive ketones (excluding diaryl/α,β-unsaturated/α-hetero) is 1.